The van der Waals surface area contributed by atoms with E-state index in [0.29, 0.717) is 11.5 Å². The molecule has 0 N–H and O–H groups in total. The first-order chi connectivity index (χ1) is 8.71. The second kappa shape index (κ2) is 5.19. The third-order valence-corrected chi connectivity index (χ3v) is 2.28. The van der Waals surface area contributed by atoms with Gasteiger partial charge >= 0.3 is 0 Å². The van der Waals surface area contributed by atoms with Crippen molar-refractivity contribution in [1.29, 1.82) is 5.26 Å². The molecule has 0 unspecified atom stereocenters. The third-order valence-electron chi connectivity index (χ3n) is 2.28. The highest BCUT2D eigenvalue weighted by Gasteiger charge is 2.03. The number of rotatable bonds is 3. The lowest BCUT2D eigenvalue weighted by atomic mass is 10.2. The number of benzene rings is 2. The van der Waals surface area contributed by atoms with Gasteiger partial charge in [0, 0.05) is 12.1 Å². The van der Waals surface area contributed by atoms with E-state index in [2.05, 4.69) is 0 Å². The topological polar surface area (TPSA) is 42.2 Å². The lowest BCUT2D eigenvalue weighted by molar-refractivity contribution is 0.409. The number of methoxy groups -OCH3 is 1. The summed E-state index contributed by atoms with van der Waals surface area (Å²) in [4.78, 5) is 0. The largest absolute Gasteiger partial charge is 0.497 e. The highest BCUT2D eigenvalue weighted by atomic mass is 19.1. The second-order valence-electron chi connectivity index (χ2n) is 3.57. The molecule has 2 rings (SSSR count). The minimum absolute atomic E-state index is 0.216. The molecule has 2 aromatic carbocycles. The van der Waals surface area contributed by atoms with Crippen LogP contribution in [0.15, 0.2) is 42.5 Å². The molecule has 0 aliphatic heterocycles. The number of hydrogen-bond acceptors (Lipinski definition) is 3. The van der Waals surface area contributed by atoms with E-state index in [0.717, 1.165) is 6.07 Å². The SMILES string of the molecule is COc1cccc(Oc2cc(F)cc(C#N)c2)c1. The molecule has 0 aliphatic carbocycles. The zero-order valence-electron chi connectivity index (χ0n) is 9.68. The average Bonchev–Trinajstić information content (AvgIpc) is 2.38. The number of ether oxygens (including phenoxy) is 2. The molecule has 0 saturated heterocycles. The maximum atomic E-state index is 13.2. The maximum absolute atomic E-state index is 13.2. The number of nitriles is 1. The zero-order chi connectivity index (χ0) is 13.0. The van der Waals surface area contributed by atoms with Crippen molar-refractivity contribution in [2.75, 3.05) is 7.11 Å². The monoisotopic (exact) mass is 243 g/mol. The van der Waals surface area contributed by atoms with Crippen LogP contribution in [0.5, 0.6) is 17.2 Å². The fourth-order valence-corrected chi connectivity index (χ4v) is 1.49. The summed E-state index contributed by atoms with van der Waals surface area (Å²) in [6.45, 7) is 0. The van der Waals surface area contributed by atoms with Gasteiger partial charge in [-0.1, -0.05) is 6.07 Å². The van der Waals surface area contributed by atoms with Gasteiger partial charge < -0.3 is 9.47 Å². The molecule has 90 valence electrons. The Bertz CT molecular complexity index is 605. The van der Waals surface area contributed by atoms with Gasteiger partial charge in [0.2, 0.25) is 0 Å². The van der Waals surface area contributed by atoms with Crippen LogP contribution in [0.1, 0.15) is 5.56 Å². The van der Waals surface area contributed by atoms with Crippen LogP contribution in [0.3, 0.4) is 0 Å². The Hall–Kier alpha value is -2.54. The van der Waals surface area contributed by atoms with Gasteiger partial charge in [0.05, 0.1) is 18.7 Å². The van der Waals surface area contributed by atoms with E-state index < -0.39 is 5.82 Å². The van der Waals surface area contributed by atoms with Crippen molar-refractivity contribution < 1.29 is 13.9 Å². The normalized spacial score (nSPS) is 9.61. The number of hydrogen-bond donors (Lipinski definition) is 0. The molecule has 0 atom stereocenters. The van der Waals surface area contributed by atoms with Crippen molar-refractivity contribution in [3.63, 3.8) is 0 Å². The Morgan fingerprint density at radius 3 is 2.56 bits per heavy atom. The second-order valence-corrected chi connectivity index (χ2v) is 3.57. The summed E-state index contributed by atoms with van der Waals surface area (Å²) in [6, 6.07) is 12.7. The molecule has 18 heavy (non-hydrogen) atoms. The van der Waals surface area contributed by atoms with Gasteiger partial charge in [-0.2, -0.15) is 5.26 Å². The van der Waals surface area contributed by atoms with E-state index in [-0.39, 0.29) is 11.3 Å². The quantitative estimate of drug-likeness (QED) is 0.828. The molecule has 0 bridgehead atoms. The predicted octanol–water partition coefficient (Wildman–Crippen LogP) is 3.50. The highest BCUT2D eigenvalue weighted by molar-refractivity contribution is 5.41. The van der Waals surface area contributed by atoms with Gasteiger partial charge in [0.1, 0.15) is 23.1 Å². The molecule has 0 saturated carbocycles. The minimum Gasteiger partial charge on any atom is -0.497 e. The third kappa shape index (κ3) is 2.77. The van der Waals surface area contributed by atoms with Crippen molar-refractivity contribution in [1.82, 2.24) is 0 Å². The van der Waals surface area contributed by atoms with Gasteiger partial charge in [-0.05, 0) is 24.3 Å². The Balaban J connectivity index is 2.28. The van der Waals surface area contributed by atoms with E-state index in [4.69, 9.17) is 14.7 Å². The van der Waals surface area contributed by atoms with Crippen molar-refractivity contribution in [3.8, 4) is 23.3 Å². The minimum atomic E-state index is -0.507. The molecule has 4 heteroatoms. The van der Waals surface area contributed by atoms with Crippen LogP contribution in [0.2, 0.25) is 0 Å². The molecule has 0 heterocycles. The van der Waals surface area contributed by atoms with E-state index in [1.807, 2.05) is 6.07 Å². The van der Waals surface area contributed by atoms with Crippen molar-refractivity contribution in [2.45, 2.75) is 0 Å². The van der Waals surface area contributed by atoms with Crippen molar-refractivity contribution in [2.24, 2.45) is 0 Å². The number of nitrogens with zero attached hydrogens (tertiary/aromatic N) is 1. The fourth-order valence-electron chi connectivity index (χ4n) is 1.49. The molecule has 0 aliphatic rings. The standard InChI is InChI=1S/C14H10FNO2/c1-17-12-3-2-4-13(8-12)18-14-6-10(9-16)5-11(15)7-14/h2-8H,1H3. The fraction of sp³-hybridized carbons (Fsp3) is 0.0714. The smallest absolute Gasteiger partial charge is 0.131 e. The lowest BCUT2D eigenvalue weighted by Crippen LogP contribution is -1.88. The van der Waals surface area contributed by atoms with E-state index >= 15 is 0 Å². The molecule has 0 fully saturated rings. The van der Waals surface area contributed by atoms with Gasteiger partial charge in [-0.25, -0.2) is 4.39 Å². The Morgan fingerprint density at radius 1 is 1.06 bits per heavy atom. The van der Waals surface area contributed by atoms with Gasteiger partial charge in [-0.3, -0.25) is 0 Å². The zero-order valence-corrected chi connectivity index (χ0v) is 9.68. The van der Waals surface area contributed by atoms with E-state index in [9.17, 15) is 4.39 Å². The summed E-state index contributed by atoms with van der Waals surface area (Å²) >= 11 is 0. The van der Waals surface area contributed by atoms with Gasteiger partial charge in [-0.15, -0.1) is 0 Å². The van der Waals surface area contributed by atoms with Crippen molar-refractivity contribution in [3.05, 3.63) is 53.8 Å². The Kier molecular flexibility index (Phi) is 3.44. The maximum Gasteiger partial charge on any atom is 0.131 e. The molecule has 2 aromatic rings. The lowest BCUT2D eigenvalue weighted by Gasteiger charge is -2.07. The molecule has 0 radical (unpaired) electrons. The first kappa shape index (κ1) is 11.9. The molecule has 0 amide bonds. The van der Waals surface area contributed by atoms with Gasteiger partial charge in [0.15, 0.2) is 0 Å². The van der Waals surface area contributed by atoms with Crippen LogP contribution in [0.4, 0.5) is 4.39 Å². The van der Waals surface area contributed by atoms with Crippen LogP contribution in [0, 0.1) is 17.1 Å². The summed E-state index contributed by atoms with van der Waals surface area (Å²) in [5, 5.41) is 8.74. The Labute approximate surface area is 104 Å². The molecular weight excluding hydrogens is 233 g/mol. The van der Waals surface area contributed by atoms with Crippen LogP contribution < -0.4 is 9.47 Å². The van der Waals surface area contributed by atoms with Gasteiger partial charge in [0.25, 0.3) is 0 Å². The summed E-state index contributed by atoms with van der Waals surface area (Å²) in [5.41, 5.74) is 0.216. The van der Waals surface area contributed by atoms with Crippen LogP contribution >= 0.6 is 0 Å². The molecular formula is C14H10FNO2. The number of halogens is 1. The average molecular weight is 243 g/mol. The summed E-state index contributed by atoms with van der Waals surface area (Å²) in [7, 11) is 1.55. The first-order valence-electron chi connectivity index (χ1n) is 5.24. The predicted molar refractivity (Wildman–Crippen MR) is 64.2 cm³/mol. The first-order valence-corrected chi connectivity index (χ1v) is 5.24. The van der Waals surface area contributed by atoms with Crippen LogP contribution in [0.25, 0.3) is 0 Å². The molecule has 0 aromatic heterocycles. The molecule has 0 spiro atoms. The van der Waals surface area contributed by atoms with Crippen LogP contribution in [-0.2, 0) is 0 Å². The summed E-state index contributed by atoms with van der Waals surface area (Å²) < 4.78 is 23.7. The van der Waals surface area contributed by atoms with E-state index in [1.165, 1.54) is 12.1 Å². The Morgan fingerprint density at radius 2 is 1.83 bits per heavy atom. The van der Waals surface area contributed by atoms with Crippen molar-refractivity contribution >= 4 is 0 Å². The summed E-state index contributed by atoms with van der Waals surface area (Å²) in [5.74, 6) is 0.931. The van der Waals surface area contributed by atoms with Crippen LogP contribution in [-0.4, -0.2) is 7.11 Å². The molecule has 3 nitrogen and oxygen atoms in total. The van der Waals surface area contributed by atoms with E-state index in [1.54, 1.807) is 31.4 Å². The highest BCUT2D eigenvalue weighted by Crippen LogP contribution is 2.26. The summed E-state index contributed by atoms with van der Waals surface area (Å²) in [6.07, 6.45) is 0.